The van der Waals surface area contributed by atoms with Crippen LogP contribution >= 0.6 is 11.6 Å². The zero-order chi connectivity index (χ0) is 23.9. The van der Waals surface area contributed by atoms with Crippen LogP contribution < -0.4 is 9.80 Å². The van der Waals surface area contributed by atoms with Crippen molar-refractivity contribution in [2.75, 3.05) is 36.0 Å². The molecule has 1 aliphatic rings. The van der Waals surface area contributed by atoms with Crippen molar-refractivity contribution in [3.8, 4) is 0 Å². The predicted molar refractivity (Wildman–Crippen MR) is 126 cm³/mol. The zero-order valence-electron chi connectivity index (χ0n) is 18.4. The zero-order valence-corrected chi connectivity index (χ0v) is 19.2. The molecule has 1 fully saturated rings. The van der Waals surface area contributed by atoms with Crippen LogP contribution in [0.3, 0.4) is 0 Å². The molecule has 0 amide bonds. The number of hydrogen-bond acceptors (Lipinski definition) is 5. The van der Waals surface area contributed by atoms with Crippen LogP contribution in [0.15, 0.2) is 54.6 Å². The van der Waals surface area contributed by atoms with Crippen molar-refractivity contribution in [1.29, 1.82) is 0 Å². The minimum absolute atomic E-state index is 0.527. The lowest BCUT2D eigenvalue weighted by molar-refractivity contribution is -0.137. The molecular formula is C24H22ClF3N6. The summed E-state index contributed by atoms with van der Waals surface area (Å²) < 4.78 is 41.1. The number of fused-ring (bicyclic) bond motifs is 1. The van der Waals surface area contributed by atoms with Crippen molar-refractivity contribution in [3.05, 3.63) is 82.3 Å². The fraction of sp³-hybridized carbons (Fsp3) is 0.292. The number of nitrogens with zero attached hydrogens (tertiary/aromatic N) is 6. The molecule has 176 valence electrons. The minimum atomic E-state index is -4.35. The van der Waals surface area contributed by atoms with E-state index in [4.69, 9.17) is 16.7 Å². The van der Waals surface area contributed by atoms with Gasteiger partial charge in [-0.3, -0.25) is 0 Å². The highest BCUT2D eigenvalue weighted by atomic mass is 35.5. The monoisotopic (exact) mass is 486 g/mol. The Hall–Kier alpha value is -3.33. The topological polar surface area (TPSA) is 49.6 Å². The first-order valence-corrected chi connectivity index (χ1v) is 11.3. The summed E-state index contributed by atoms with van der Waals surface area (Å²) >= 11 is 5.98. The third-order valence-electron chi connectivity index (χ3n) is 5.88. The Bertz CT molecular complexity index is 1310. The molecule has 3 heterocycles. The maximum Gasteiger partial charge on any atom is 0.416 e. The number of benzene rings is 2. The summed E-state index contributed by atoms with van der Waals surface area (Å²) in [6.07, 6.45) is -3.79. The quantitative estimate of drug-likeness (QED) is 0.405. The molecule has 0 unspecified atom stereocenters. The number of aromatic nitrogens is 4. The van der Waals surface area contributed by atoms with E-state index in [2.05, 4.69) is 14.9 Å². The van der Waals surface area contributed by atoms with Gasteiger partial charge in [-0.2, -0.15) is 22.7 Å². The summed E-state index contributed by atoms with van der Waals surface area (Å²) in [7, 11) is 0. The smallest absolute Gasteiger partial charge is 0.368 e. The van der Waals surface area contributed by atoms with Gasteiger partial charge in [-0.05, 0) is 42.8 Å². The second-order valence-electron chi connectivity index (χ2n) is 8.32. The first-order valence-electron chi connectivity index (χ1n) is 10.9. The first kappa shape index (κ1) is 22.5. The van der Waals surface area contributed by atoms with Gasteiger partial charge < -0.3 is 9.80 Å². The molecule has 0 radical (unpaired) electrons. The number of hydrogen-bond donors (Lipinski definition) is 0. The molecule has 2 aromatic heterocycles. The summed E-state index contributed by atoms with van der Waals surface area (Å²) in [5, 5.41) is 5.37. The van der Waals surface area contributed by atoms with E-state index in [-0.39, 0.29) is 0 Å². The average Bonchev–Trinajstić information content (AvgIpc) is 3.22. The van der Waals surface area contributed by atoms with Crippen LogP contribution in [0.5, 0.6) is 0 Å². The van der Waals surface area contributed by atoms with Crippen molar-refractivity contribution in [2.45, 2.75) is 19.5 Å². The van der Waals surface area contributed by atoms with Crippen LogP contribution in [-0.2, 0) is 12.6 Å². The molecule has 5 rings (SSSR count). The van der Waals surface area contributed by atoms with E-state index in [1.165, 1.54) is 12.1 Å². The molecule has 6 nitrogen and oxygen atoms in total. The van der Waals surface area contributed by atoms with Gasteiger partial charge in [-0.1, -0.05) is 29.8 Å². The van der Waals surface area contributed by atoms with E-state index in [1.807, 2.05) is 42.2 Å². The normalized spacial score (nSPS) is 14.7. The molecule has 0 N–H and O–H groups in total. The van der Waals surface area contributed by atoms with Crippen molar-refractivity contribution in [2.24, 2.45) is 0 Å². The van der Waals surface area contributed by atoms with E-state index in [1.54, 1.807) is 10.6 Å². The number of halogens is 4. The fourth-order valence-corrected chi connectivity index (χ4v) is 4.29. The molecule has 1 aliphatic heterocycles. The van der Waals surface area contributed by atoms with E-state index < -0.39 is 11.7 Å². The summed E-state index contributed by atoms with van der Waals surface area (Å²) in [6, 6.07) is 15.0. The third kappa shape index (κ3) is 4.65. The summed E-state index contributed by atoms with van der Waals surface area (Å²) in [6.45, 7) is 4.38. The average molecular weight is 487 g/mol. The largest absolute Gasteiger partial charge is 0.416 e. The molecule has 0 atom stereocenters. The highest BCUT2D eigenvalue weighted by Gasteiger charge is 2.31. The molecule has 1 saturated heterocycles. The standard InChI is InChI=1S/C24H22ClF3N6/c1-16-13-22(34-23(29-16)30-21(31-34)14-17-5-7-19(25)8-6-17)33-11-9-32(10-12-33)20-4-2-3-18(15-20)24(26,27)28/h2-8,13,15H,9-12,14H2,1H3. The number of rotatable bonds is 4. The molecular weight excluding hydrogens is 465 g/mol. The Labute approximate surface area is 199 Å². The van der Waals surface area contributed by atoms with E-state index in [0.717, 1.165) is 23.1 Å². The Morgan fingerprint density at radius 1 is 0.912 bits per heavy atom. The number of alkyl halides is 3. The predicted octanol–water partition coefficient (Wildman–Crippen LogP) is 5.02. The Balaban J connectivity index is 1.35. The number of anilines is 2. The van der Waals surface area contributed by atoms with Crippen LogP contribution in [-0.4, -0.2) is 45.8 Å². The molecule has 0 bridgehead atoms. The van der Waals surface area contributed by atoms with Crippen LogP contribution in [0.4, 0.5) is 24.7 Å². The second-order valence-corrected chi connectivity index (χ2v) is 8.76. The van der Waals surface area contributed by atoms with Gasteiger partial charge in [0.1, 0.15) is 5.82 Å². The van der Waals surface area contributed by atoms with Gasteiger partial charge in [0.15, 0.2) is 5.82 Å². The summed E-state index contributed by atoms with van der Waals surface area (Å²) in [4.78, 5) is 13.3. The van der Waals surface area contributed by atoms with Crippen molar-refractivity contribution >= 4 is 28.9 Å². The Morgan fingerprint density at radius 2 is 1.62 bits per heavy atom. The number of aryl methyl sites for hydroxylation is 1. The highest BCUT2D eigenvalue weighted by Crippen LogP contribution is 2.32. The maximum absolute atomic E-state index is 13.1. The van der Waals surface area contributed by atoms with Crippen LogP contribution in [0, 0.1) is 6.92 Å². The summed E-state index contributed by atoms with van der Waals surface area (Å²) in [5.41, 5.74) is 1.83. The SMILES string of the molecule is Cc1cc(N2CCN(c3cccc(C(F)(F)F)c3)CC2)n2nc(Cc3ccc(Cl)cc3)nc2n1. The third-order valence-corrected chi connectivity index (χ3v) is 6.14. The van der Waals surface area contributed by atoms with Gasteiger partial charge in [-0.25, -0.2) is 4.98 Å². The minimum Gasteiger partial charge on any atom is -0.368 e. The Kier molecular flexibility index (Phi) is 5.81. The van der Waals surface area contributed by atoms with E-state index in [0.29, 0.717) is 54.9 Å². The van der Waals surface area contributed by atoms with Crippen LogP contribution in [0.1, 0.15) is 22.6 Å². The maximum atomic E-state index is 13.1. The van der Waals surface area contributed by atoms with Gasteiger partial charge in [0.2, 0.25) is 0 Å². The second kappa shape index (κ2) is 8.79. The number of piperazine rings is 1. The van der Waals surface area contributed by atoms with Crippen LogP contribution in [0.2, 0.25) is 5.02 Å². The molecule has 0 saturated carbocycles. The molecule has 2 aromatic carbocycles. The molecule has 10 heteroatoms. The first-order chi connectivity index (χ1) is 16.3. The van der Waals surface area contributed by atoms with Crippen molar-refractivity contribution in [1.82, 2.24) is 19.6 Å². The van der Waals surface area contributed by atoms with Gasteiger partial charge in [0.25, 0.3) is 5.78 Å². The molecule has 0 aliphatic carbocycles. The molecule has 0 spiro atoms. The van der Waals surface area contributed by atoms with Gasteiger partial charge >= 0.3 is 6.18 Å². The van der Waals surface area contributed by atoms with Gasteiger partial charge in [0, 0.05) is 55.1 Å². The molecule has 4 aromatic rings. The summed E-state index contributed by atoms with van der Waals surface area (Å²) in [5.74, 6) is 2.06. The van der Waals surface area contributed by atoms with Crippen molar-refractivity contribution in [3.63, 3.8) is 0 Å². The lowest BCUT2D eigenvalue weighted by Gasteiger charge is -2.37. The van der Waals surface area contributed by atoms with E-state index in [9.17, 15) is 13.2 Å². The van der Waals surface area contributed by atoms with Crippen LogP contribution in [0.25, 0.3) is 5.78 Å². The fourth-order valence-electron chi connectivity index (χ4n) is 4.17. The Morgan fingerprint density at radius 3 is 2.32 bits per heavy atom. The molecule has 34 heavy (non-hydrogen) atoms. The lowest BCUT2D eigenvalue weighted by Crippen LogP contribution is -2.47. The lowest BCUT2D eigenvalue weighted by atomic mass is 10.1. The van der Waals surface area contributed by atoms with Crippen molar-refractivity contribution < 1.29 is 13.2 Å². The van der Waals surface area contributed by atoms with E-state index >= 15 is 0 Å². The van der Waals surface area contributed by atoms with Gasteiger partial charge in [0.05, 0.1) is 5.56 Å². The van der Waals surface area contributed by atoms with Gasteiger partial charge in [-0.15, -0.1) is 5.10 Å². The highest BCUT2D eigenvalue weighted by molar-refractivity contribution is 6.30.